The number of esters is 2. The second-order valence-electron chi connectivity index (χ2n) is 4.88. The fourth-order valence-electron chi connectivity index (χ4n) is 1.87. The van der Waals surface area contributed by atoms with Crippen LogP contribution >= 0.6 is 0 Å². The summed E-state index contributed by atoms with van der Waals surface area (Å²) in [6.45, 7) is 4.95. The van der Waals surface area contributed by atoms with Gasteiger partial charge in [0, 0.05) is 26.6 Å². The van der Waals surface area contributed by atoms with E-state index in [1.807, 2.05) is 6.92 Å². The van der Waals surface area contributed by atoms with Crippen molar-refractivity contribution in [3.8, 4) is 0 Å². The van der Waals surface area contributed by atoms with Gasteiger partial charge in [0.05, 0.1) is 6.20 Å². The number of aromatic nitrogens is 2. The molecule has 18 heavy (non-hydrogen) atoms. The van der Waals surface area contributed by atoms with Crippen molar-refractivity contribution < 1.29 is 19.1 Å². The van der Waals surface area contributed by atoms with Crippen LogP contribution in [0.1, 0.15) is 25.1 Å². The first-order valence-corrected chi connectivity index (χ1v) is 5.73. The van der Waals surface area contributed by atoms with Gasteiger partial charge >= 0.3 is 11.9 Å². The summed E-state index contributed by atoms with van der Waals surface area (Å²) in [7, 11) is 1.81. The lowest BCUT2D eigenvalue weighted by Gasteiger charge is -2.32. The van der Waals surface area contributed by atoms with Gasteiger partial charge in [-0.25, -0.2) is 0 Å². The first kappa shape index (κ1) is 12.6. The van der Waals surface area contributed by atoms with E-state index in [0.717, 1.165) is 11.3 Å². The number of carbonyl (C=O) groups excluding carboxylic acids is 2. The minimum atomic E-state index is -1.17. The molecule has 0 aromatic carbocycles. The first-order chi connectivity index (χ1) is 8.30. The smallest absolute Gasteiger partial charge is 0.323 e. The molecule has 1 aromatic heterocycles. The van der Waals surface area contributed by atoms with Gasteiger partial charge in [-0.3, -0.25) is 14.3 Å². The molecule has 1 aliphatic heterocycles. The molecule has 98 valence electrons. The number of aryl methyl sites for hydroxylation is 1. The third-order valence-electron chi connectivity index (χ3n) is 3.02. The van der Waals surface area contributed by atoms with E-state index in [4.69, 9.17) is 9.47 Å². The average Bonchev–Trinajstić information content (AvgIpc) is 2.53. The highest BCUT2D eigenvalue weighted by molar-refractivity contribution is 5.96. The molecule has 6 heteroatoms. The fraction of sp³-hybridized carbons (Fsp3) is 0.583. The van der Waals surface area contributed by atoms with Gasteiger partial charge in [-0.1, -0.05) is 0 Å². The molecule has 6 nitrogen and oxygen atoms in total. The lowest BCUT2D eigenvalue weighted by molar-refractivity contribution is -0.239. The second kappa shape index (κ2) is 4.12. The van der Waals surface area contributed by atoms with Crippen LogP contribution in [-0.2, 0) is 32.5 Å². The van der Waals surface area contributed by atoms with E-state index in [9.17, 15) is 9.59 Å². The molecular formula is C12H16N2O4. The van der Waals surface area contributed by atoms with Crippen molar-refractivity contribution in [2.45, 2.75) is 33.0 Å². The molecule has 1 aromatic rings. The quantitative estimate of drug-likeness (QED) is 0.573. The van der Waals surface area contributed by atoms with Crippen LogP contribution in [0.15, 0.2) is 6.20 Å². The molecule has 0 amide bonds. The molecule has 0 unspecified atom stereocenters. The number of ether oxygens (including phenoxy) is 2. The van der Waals surface area contributed by atoms with Gasteiger partial charge in [-0.2, -0.15) is 5.10 Å². The summed E-state index contributed by atoms with van der Waals surface area (Å²) in [4.78, 5) is 23.6. The predicted molar refractivity (Wildman–Crippen MR) is 61.4 cm³/mol. The number of rotatable bonds is 2. The monoisotopic (exact) mass is 252 g/mol. The molecule has 2 heterocycles. The summed E-state index contributed by atoms with van der Waals surface area (Å²) in [5, 5.41) is 4.07. The summed E-state index contributed by atoms with van der Waals surface area (Å²) in [5.41, 5.74) is 1.76. The zero-order valence-electron chi connectivity index (χ0n) is 10.9. The van der Waals surface area contributed by atoms with Gasteiger partial charge in [0.2, 0.25) is 0 Å². The summed E-state index contributed by atoms with van der Waals surface area (Å²) >= 11 is 0. The van der Waals surface area contributed by atoms with Crippen molar-refractivity contribution >= 4 is 11.9 Å². The number of cyclic esters (lactones) is 2. The van der Waals surface area contributed by atoms with Gasteiger partial charge < -0.3 is 9.47 Å². The van der Waals surface area contributed by atoms with Crippen LogP contribution in [0.2, 0.25) is 0 Å². The van der Waals surface area contributed by atoms with Gasteiger partial charge in [-0.05, 0) is 18.9 Å². The molecule has 0 N–H and O–H groups in total. The zero-order chi connectivity index (χ0) is 13.5. The third kappa shape index (κ3) is 2.23. The van der Waals surface area contributed by atoms with E-state index >= 15 is 0 Å². The Hall–Kier alpha value is -1.85. The Morgan fingerprint density at radius 3 is 2.33 bits per heavy atom. The second-order valence-corrected chi connectivity index (χ2v) is 4.88. The maximum absolute atomic E-state index is 11.8. The SMILES string of the molecule is Cc1c(CC2C(=O)OC(C)(C)OC2=O)cnn1C. The number of nitrogens with zero attached hydrogens (tertiary/aromatic N) is 2. The van der Waals surface area contributed by atoms with Crippen LogP contribution in [0.5, 0.6) is 0 Å². The number of hydrogen-bond acceptors (Lipinski definition) is 5. The largest absolute Gasteiger partial charge is 0.422 e. The van der Waals surface area contributed by atoms with Crippen LogP contribution in [0.3, 0.4) is 0 Å². The Morgan fingerprint density at radius 1 is 1.33 bits per heavy atom. The highest BCUT2D eigenvalue weighted by Gasteiger charge is 2.43. The Morgan fingerprint density at radius 2 is 1.89 bits per heavy atom. The van der Waals surface area contributed by atoms with E-state index in [2.05, 4.69) is 5.10 Å². The Labute approximate surface area is 105 Å². The van der Waals surface area contributed by atoms with Crippen molar-refractivity contribution in [2.24, 2.45) is 13.0 Å². The van der Waals surface area contributed by atoms with E-state index < -0.39 is 23.6 Å². The molecule has 1 saturated heterocycles. The van der Waals surface area contributed by atoms with Gasteiger partial charge in [0.25, 0.3) is 5.79 Å². The van der Waals surface area contributed by atoms with E-state index in [1.54, 1.807) is 17.9 Å². The first-order valence-electron chi connectivity index (χ1n) is 5.73. The molecular weight excluding hydrogens is 236 g/mol. The summed E-state index contributed by atoms with van der Waals surface area (Å²) in [5.74, 6) is -3.16. The Kier molecular flexibility index (Phi) is 2.88. The van der Waals surface area contributed by atoms with E-state index in [-0.39, 0.29) is 6.42 Å². The molecule has 0 bridgehead atoms. The average molecular weight is 252 g/mol. The molecule has 2 rings (SSSR count). The van der Waals surface area contributed by atoms with Crippen molar-refractivity contribution in [2.75, 3.05) is 0 Å². The fourth-order valence-corrected chi connectivity index (χ4v) is 1.87. The maximum Gasteiger partial charge on any atom is 0.323 e. The Bertz CT molecular complexity index is 484. The lowest BCUT2D eigenvalue weighted by atomic mass is 9.99. The van der Waals surface area contributed by atoms with Gasteiger partial charge in [0.15, 0.2) is 5.92 Å². The normalized spacial score (nSPS) is 19.6. The van der Waals surface area contributed by atoms with Crippen molar-refractivity contribution in [3.05, 3.63) is 17.5 Å². The minimum absolute atomic E-state index is 0.257. The van der Waals surface area contributed by atoms with Gasteiger partial charge in [0.1, 0.15) is 0 Å². The van der Waals surface area contributed by atoms with Crippen LogP contribution in [0.4, 0.5) is 0 Å². The zero-order valence-corrected chi connectivity index (χ0v) is 10.9. The minimum Gasteiger partial charge on any atom is -0.422 e. The molecule has 0 atom stereocenters. The van der Waals surface area contributed by atoms with Crippen molar-refractivity contribution in [1.29, 1.82) is 0 Å². The van der Waals surface area contributed by atoms with Crippen LogP contribution in [0, 0.1) is 12.8 Å². The van der Waals surface area contributed by atoms with Crippen LogP contribution in [0.25, 0.3) is 0 Å². The summed E-state index contributed by atoms with van der Waals surface area (Å²) in [6.07, 6.45) is 1.91. The van der Waals surface area contributed by atoms with Gasteiger partial charge in [-0.15, -0.1) is 0 Å². The number of hydrogen-bond donors (Lipinski definition) is 0. The summed E-state index contributed by atoms with van der Waals surface area (Å²) < 4.78 is 11.8. The van der Waals surface area contributed by atoms with Crippen molar-refractivity contribution in [1.82, 2.24) is 9.78 Å². The highest BCUT2D eigenvalue weighted by atomic mass is 16.7. The Balaban J connectivity index is 2.17. The van der Waals surface area contributed by atoms with Crippen LogP contribution in [-0.4, -0.2) is 27.5 Å². The molecule has 0 radical (unpaired) electrons. The molecule has 0 aliphatic carbocycles. The summed E-state index contributed by atoms with van der Waals surface area (Å²) in [6, 6.07) is 0. The topological polar surface area (TPSA) is 70.4 Å². The van der Waals surface area contributed by atoms with Crippen molar-refractivity contribution in [3.63, 3.8) is 0 Å². The maximum atomic E-state index is 11.8. The highest BCUT2D eigenvalue weighted by Crippen LogP contribution is 2.26. The third-order valence-corrected chi connectivity index (χ3v) is 3.02. The van der Waals surface area contributed by atoms with E-state index in [0.29, 0.717) is 0 Å². The predicted octanol–water partition coefficient (Wildman–Crippen LogP) is 0.723. The standard InChI is InChI=1S/C12H16N2O4/c1-7-8(6-13-14(7)4)5-9-10(15)17-12(2,3)18-11(9)16/h6,9H,5H2,1-4H3. The van der Waals surface area contributed by atoms with Crippen LogP contribution < -0.4 is 0 Å². The molecule has 0 spiro atoms. The number of carbonyl (C=O) groups is 2. The van der Waals surface area contributed by atoms with E-state index in [1.165, 1.54) is 13.8 Å². The molecule has 1 fully saturated rings. The molecule has 0 saturated carbocycles. The molecule has 1 aliphatic rings. The lowest BCUT2D eigenvalue weighted by Crippen LogP contribution is -2.47.